The Morgan fingerprint density at radius 1 is 1.14 bits per heavy atom. The first-order valence-corrected chi connectivity index (χ1v) is 7.88. The zero-order chi connectivity index (χ0) is 15.6. The van der Waals surface area contributed by atoms with E-state index in [1.165, 1.54) is 23.5 Å². The Hall–Kier alpha value is -2.05. The summed E-state index contributed by atoms with van der Waals surface area (Å²) in [5.41, 5.74) is 7.83. The summed E-state index contributed by atoms with van der Waals surface area (Å²) in [5, 5.41) is 9.27. The van der Waals surface area contributed by atoms with Crippen molar-refractivity contribution in [1.82, 2.24) is 0 Å². The highest BCUT2D eigenvalue weighted by molar-refractivity contribution is 7.92. The first-order chi connectivity index (χ1) is 9.86. The van der Waals surface area contributed by atoms with Crippen LogP contribution in [-0.4, -0.2) is 20.6 Å². The summed E-state index contributed by atoms with van der Waals surface area (Å²) >= 11 is 0. The fourth-order valence-corrected chi connectivity index (χ4v) is 3.30. The third-order valence-corrected chi connectivity index (χ3v) is 5.19. The minimum atomic E-state index is -3.64. The van der Waals surface area contributed by atoms with Gasteiger partial charge in [-0.25, -0.2) is 8.42 Å². The molecule has 3 N–H and O–H groups in total. The molecule has 2 aromatic rings. The molecule has 0 heterocycles. The quantitative estimate of drug-likeness (QED) is 0.904. The van der Waals surface area contributed by atoms with Gasteiger partial charge in [-0.05, 0) is 54.4 Å². The number of phenols is 1. The number of nitrogens with two attached hydrogens (primary N) is 1. The summed E-state index contributed by atoms with van der Waals surface area (Å²) in [5.74, 6) is 0.0905. The van der Waals surface area contributed by atoms with Crippen LogP contribution >= 0.6 is 0 Å². The second-order valence-electron chi connectivity index (χ2n) is 4.78. The minimum Gasteiger partial charge on any atom is -0.508 e. The maximum absolute atomic E-state index is 12.6. The number of phenolic OH excluding ortho intramolecular Hbond substituents is 1. The zero-order valence-electron chi connectivity index (χ0n) is 11.9. The van der Waals surface area contributed by atoms with E-state index in [1.807, 2.05) is 6.92 Å². The molecule has 0 bridgehead atoms. The van der Waals surface area contributed by atoms with Crippen molar-refractivity contribution in [2.45, 2.75) is 18.4 Å². The Kier molecular flexibility index (Phi) is 4.20. The molecule has 0 aliphatic carbocycles. The number of rotatable bonds is 4. The molecular formula is C15H18N2O3S. The zero-order valence-corrected chi connectivity index (χ0v) is 12.8. The van der Waals surface area contributed by atoms with Crippen molar-refractivity contribution in [3.8, 4) is 5.75 Å². The molecule has 0 fully saturated rings. The van der Waals surface area contributed by atoms with E-state index in [2.05, 4.69) is 0 Å². The second kappa shape index (κ2) is 5.75. The maximum Gasteiger partial charge on any atom is 0.264 e. The van der Waals surface area contributed by atoms with Crippen LogP contribution in [0.1, 0.15) is 11.1 Å². The normalized spacial score (nSPS) is 11.4. The number of aryl methyl sites for hydroxylation is 1. The van der Waals surface area contributed by atoms with Gasteiger partial charge in [-0.3, -0.25) is 4.31 Å². The predicted molar refractivity (Wildman–Crippen MR) is 82.8 cm³/mol. The molecule has 0 saturated carbocycles. The van der Waals surface area contributed by atoms with E-state index in [9.17, 15) is 13.5 Å². The third kappa shape index (κ3) is 3.01. The van der Waals surface area contributed by atoms with Gasteiger partial charge in [0, 0.05) is 13.6 Å². The van der Waals surface area contributed by atoms with Crippen LogP contribution in [0.25, 0.3) is 0 Å². The van der Waals surface area contributed by atoms with E-state index in [1.54, 1.807) is 30.3 Å². The lowest BCUT2D eigenvalue weighted by Gasteiger charge is -2.20. The van der Waals surface area contributed by atoms with E-state index in [0.717, 1.165) is 11.1 Å². The molecule has 0 aliphatic heterocycles. The van der Waals surface area contributed by atoms with Crippen LogP contribution in [0.4, 0.5) is 5.69 Å². The van der Waals surface area contributed by atoms with Gasteiger partial charge >= 0.3 is 0 Å². The van der Waals surface area contributed by atoms with Gasteiger partial charge in [0.25, 0.3) is 10.0 Å². The van der Waals surface area contributed by atoms with Crippen molar-refractivity contribution in [2.75, 3.05) is 11.4 Å². The van der Waals surface area contributed by atoms with Gasteiger partial charge in [-0.15, -0.1) is 0 Å². The molecule has 0 aliphatic rings. The van der Waals surface area contributed by atoms with Crippen LogP contribution in [0.15, 0.2) is 47.4 Å². The molecule has 0 spiro atoms. The van der Waals surface area contributed by atoms with Crippen molar-refractivity contribution >= 4 is 15.7 Å². The van der Waals surface area contributed by atoms with E-state index >= 15 is 0 Å². The SMILES string of the molecule is Cc1cc(S(=O)(=O)N(C)c2ccc(O)cc2)ccc1CN. The number of aromatic hydroxyl groups is 1. The number of hydrogen-bond acceptors (Lipinski definition) is 4. The lowest BCUT2D eigenvalue weighted by atomic mass is 10.1. The van der Waals surface area contributed by atoms with E-state index in [4.69, 9.17) is 5.73 Å². The summed E-state index contributed by atoms with van der Waals surface area (Å²) in [6, 6.07) is 10.9. The summed E-state index contributed by atoms with van der Waals surface area (Å²) in [6.45, 7) is 2.21. The fourth-order valence-electron chi connectivity index (χ4n) is 2.02. The first kappa shape index (κ1) is 15.3. The van der Waals surface area contributed by atoms with Crippen molar-refractivity contribution in [1.29, 1.82) is 0 Å². The summed E-state index contributed by atoms with van der Waals surface area (Å²) in [4.78, 5) is 0.216. The maximum atomic E-state index is 12.6. The van der Waals surface area contributed by atoms with Crippen LogP contribution in [-0.2, 0) is 16.6 Å². The number of nitrogens with zero attached hydrogens (tertiary/aromatic N) is 1. The van der Waals surface area contributed by atoms with Gasteiger partial charge in [0.05, 0.1) is 10.6 Å². The smallest absolute Gasteiger partial charge is 0.264 e. The Morgan fingerprint density at radius 3 is 2.29 bits per heavy atom. The number of hydrogen-bond donors (Lipinski definition) is 2. The molecule has 0 unspecified atom stereocenters. The summed E-state index contributed by atoms with van der Waals surface area (Å²) < 4.78 is 26.4. The largest absolute Gasteiger partial charge is 0.508 e. The van der Waals surface area contributed by atoms with Gasteiger partial charge in [0.2, 0.25) is 0 Å². The molecule has 0 amide bonds. The highest BCUT2D eigenvalue weighted by Gasteiger charge is 2.21. The van der Waals surface area contributed by atoms with Gasteiger partial charge in [-0.1, -0.05) is 6.07 Å². The number of sulfonamides is 1. The molecule has 0 atom stereocenters. The van der Waals surface area contributed by atoms with E-state index in [-0.39, 0.29) is 10.6 Å². The second-order valence-corrected chi connectivity index (χ2v) is 6.75. The molecule has 6 heteroatoms. The number of benzene rings is 2. The molecule has 0 saturated heterocycles. The molecule has 5 nitrogen and oxygen atoms in total. The molecule has 0 radical (unpaired) electrons. The minimum absolute atomic E-state index is 0.0905. The lowest BCUT2D eigenvalue weighted by Crippen LogP contribution is -2.26. The van der Waals surface area contributed by atoms with Gasteiger partial charge in [0.15, 0.2) is 0 Å². The van der Waals surface area contributed by atoms with Crippen molar-refractivity contribution in [3.05, 3.63) is 53.6 Å². The Balaban J connectivity index is 2.41. The third-order valence-electron chi connectivity index (χ3n) is 3.41. The monoisotopic (exact) mass is 306 g/mol. The standard InChI is InChI=1S/C15H18N2O3S/c1-11-9-15(8-3-12(11)10-16)21(19,20)17(2)13-4-6-14(18)7-5-13/h3-9,18H,10,16H2,1-2H3. The molecule has 2 rings (SSSR count). The van der Waals surface area contributed by atoms with Gasteiger partial charge in [0.1, 0.15) is 5.75 Å². The predicted octanol–water partition coefficient (Wildman–Crippen LogP) is 1.98. The molecule has 2 aromatic carbocycles. The average Bonchev–Trinajstić information content (AvgIpc) is 2.47. The Labute approximate surface area is 124 Å². The van der Waals surface area contributed by atoms with Gasteiger partial charge < -0.3 is 10.8 Å². The van der Waals surface area contributed by atoms with Crippen LogP contribution < -0.4 is 10.0 Å². The first-order valence-electron chi connectivity index (χ1n) is 6.44. The number of anilines is 1. The fraction of sp³-hybridized carbons (Fsp3) is 0.200. The average molecular weight is 306 g/mol. The molecule has 0 aromatic heterocycles. The topological polar surface area (TPSA) is 83.6 Å². The molecule has 21 heavy (non-hydrogen) atoms. The highest BCUT2D eigenvalue weighted by Crippen LogP contribution is 2.25. The van der Waals surface area contributed by atoms with Crippen LogP contribution in [0.3, 0.4) is 0 Å². The van der Waals surface area contributed by atoms with Crippen LogP contribution in [0, 0.1) is 6.92 Å². The highest BCUT2D eigenvalue weighted by atomic mass is 32.2. The van der Waals surface area contributed by atoms with E-state index in [0.29, 0.717) is 12.2 Å². The lowest BCUT2D eigenvalue weighted by molar-refractivity contribution is 0.475. The Morgan fingerprint density at radius 2 is 1.76 bits per heavy atom. The molecule has 112 valence electrons. The molecular weight excluding hydrogens is 288 g/mol. The Bertz CT molecular complexity index is 740. The van der Waals surface area contributed by atoms with Crippen molar-refractivity contribution in [3.63, 3.8) is 0 Å². The summed E-state index contributed by atoms with van der Waals surface area (Å²) in [7, 11) is -2.16. The van der Waals surface area contributed by atoms with Crippen LogP contribution in [0.2, 0.25) is 0 Å². The van der Waals surface area contributed by atoms with Crippen molar-refractivity contribution in [2.24, 2.45) is 5.73 Å². The van der Waals surface area contributed by atoms with E-state index < -0.39 is 10.0 Å². The van der Waals surface area contributed by atoms with Crippen LogP contribution in [0.5, 0.6) is 5.75 Å². The van der Waals surface area contributed by atoms with Crippen molar-refractivity contribution < 1.29 is 13.5 Å². The summed E-state index contributed by atoms with van der Waals surface area (Å²) in [6.07, 6.45) is 0. The van der Waals surface area contributed by atoms with Gasteiger partial charge in [-0.2, -0.15) is 0 Å².